The van der Waals surface area contributed by atoms with Gasteiger partial charge in [0.1, 0.15) is 4.88 Å². The van der Waals surface area contributed by atoms with E-state index in [0.29, 0.717) is 27.8 Å². The van der Waals surface area contributed by atoms with Crippen LogP contribution >= 0.6 is 11.3 Å². The summed E-state index contributed by atoms with van der Waals surface area (Å²) >= 11 is 1.35. The molecule has 27 heavy (non-hydrogen) atoms. The van der Waals surface area contributed by atoms with E-state index < -0.39 is 0 Å². The van der Waals surface area contributed by atoms with Crippen molar-refractivity contribution >= 4 is 33.8 Å². The molecule has 0 aliphatic rings. The van der Waals surface area contributed by atoms with Crippen LogP contribution in [0, 0.1) is 6.92 Å². The van der Waals surface area contributed by atoms with E-state index >= 15 is 0 Å². The fourth-order valence-electron chi connectivity index (χ4n) is 2.60. The van der Waals surface area contributed by atoms with Crippen LogP contribution in [0.25, 0.3) is 0 Å². The first-order valence-electron chi connectivity index (χ1n) is 8.33. The summed E-state index contributed by atoms with van der Waals surface area (Å²) in [6.07, 6.45) is 0. The van der Waals surface area contributed by atoms with Crippen LogP contribution in [-0.2, 0) is 0 Å². The lowest BCUT2D eigenvalue weighted by Crippen LogP contribution is -2.11. The molecule has 0 atom stereocenters. The van der Waals surface area contributed by atoms with Gasteiger partial charge in [-0.25, -0.2) is 4.98 Å². The van der Waals surface area contributed by atoms with Crippen molar-refractivity contribution in [2.24, 2.45) is 0 Å². The number of carbonyl (C=O) groups excluding carboxylic acids is 1. The zero-order valence-corrected chi connectivity index (χ0v) is 16.5. The van der Waals surface area contributed by atoms with Gasteiger partial charge >= 0.3 is 0 Å². The van der Waals surface area contributed by atoms with Crippen LogP contribution in [0.3, 0.4) is 0 Å². The van der Waals surface area contributed by atoms with E-state index in [-0.39, 0.29) is 5.91 Å². The second kappa shape index (κ2) is 8.09. The molecule has 2 aromatic carbocycles. The van der Waals surface area contributed by atoms with Crippen molar-refractivity contribution in [3.63, 3.8) is 0 Å². The van der Waals surface area contributed by atoms with Crippen LogP contribution in [0.4, 0.5) is 16.5 Å². The normalized spacial score (nSPS) is 10.4. The predicted molar refractivity (Wildman–Crippen MR) is 109 cm³/mol. The van der Waals surface area contributed by atoms with E-state index in [0.717, 1.165) is 10.8 Å². The van der Waals surface area contributed by atoms with Crippen LogP contribution < -0.4 is 19.7 Å². The first-order valence-corrected chi connectivity index (χ1v) is 9.14. The highest BCUT2D eigenvalue weighted by atomic mass is 32.1. The number of aromatic nitrogens is 1. The van der Waals surface area contributed by atoms with Gasteiger partial charge in [-0.2, -0.15) is 0 Å². The van der Waals surface area contributed by atoms with Crippen molar-refractivity contribution in [3.8, 4) is 11.5 Å². The summed E-state index contributed by atoms with van der Waals surface area (Å²) < 4.78 is 10.5. The highest BCUT2D eigenvalue weighted by Crippen LogP contribution is 2.32. The molecule has 0 aliphatic heterocycles. The quantitative estimate of drug-likeness (QED) is 0.679. The lowest BCUT2D eigenvalue weighted by Gasteiger charge is -2.15. The Morgan fingerprint density at radius 3 is 2.44 bits per heavy atom. The molecule has 0 saturated heterocycles. The number of ether oxygens (including phenoxy) is 2. The number of nitrogens with zero attached hydrogens (tertiary/aromatic N) is 2. The molecule has 7 heteroatoms. The average Bonchev–Trinajstić information content (AvgIpc) is 3.09. The van der Waals surface area contributed by atoms with Gasteiger partial charge in [0.25, 0.3) is 5.91 Å². The Hall–Kier alpha value is -3.06. The Morgan fingerprint density at radius 2 is 1.78 bits per heavy atom. The first kappa shape index (κ1) is 18.7. The monoisotopic (exact) mass is 383 g/mol. The van der Waals surface area contributed by atoms with Gasteiger partial charge in [-0.15, -0.1) is 0 Å². The Morgan fingerprint density at radius 1 is 1.07 bits per heavy atom. The fraction of sp³-hybridized carbons (Fsp3) is 0.200. The maximum absolute atomic E-state index is 12.7. The summed E-state index contributed by atoms with van der Waals surface area (Å²) in [5, 5.41) is 3.65. The molecule has 0 bridgehead atoms. The molecule has 140 valence electrons. The summed E-state index contributed by atoms with van der Waals surface area (Å²) in [5.74, 6) is 0.960. The van der Waals surface area contributed by atoms with Crippen LogP contribution in [0.5, 0.6) is 11.5 Å². The van der Waals surface area contributed by atoms with Crippen LogP contribution in [0.2, 0.25) is 0 Å². The molecule has 3 rings (SSSR count). The van der Waals surface area contributed by atoms with Crippen molar-refractivity contribution < 1.29 is 14.3 Å². The molecule has 6 nitrogen and oxygen atoms in total. The highest BCUT2D eigenvalue weighted by Gasteiger charge is 2.18. The van der Waals surface area contributed by atoms with Crippen molar-refractivity contribution in [2.45, 2.75) is 6.92 Å². The third-order valence-electron chi connectivity index (χ3n) is 4.06. The maximum Gasteiger partial charge on any atom is 0.267 e. The predicted octanol–water partition coefficient (Wildman–Crippen LogP) is 4.49. The van der Waals surface area contributed by atoms with Crippen LogP contribution in [0.1, 0.15) is 15.4 Å². The number of hydrogen-bond donors (Lipinski definition) is 1. The minimum absolute atomic E-state index is 0.204. The van der Waals surface area contributed by atoms with Crippen LogP contribution in [0.15, 0.2) is 48.5 Å². The molecule has 0 aliphatic carbocycles. The van der Waals surface area contributed by atoms with Crippen molar-refractivity contribution in [1.82, 2.24) is 4.98 Å². The van der Waals surface area contributed by atoms with Gasteiger partial charge in [-0.1, -0.05) is 29.5 Å². The van der Waals surface area contributed by atoms with Crippen LogP contribution in [-0.4, -0.2) is 32.2 Å². The number of rotatable bonds is 6. The fourth-order valence-corrected chi connectivity index (χ4v) is 3.54. The molecule has 1 heterocycles. The average molecular weight is 383 g/mol. The number of methoxy groups -OCH3 is 2. The topological polar surface area (TPSA) is 63.7 Å². The van der Waals surface area contributed by atoms with Gasteiger partial charge < -0.3 is 19.7 Å². The van der Waals surface area contributed by atoms with Gasteiger partial charge in [-0.05, 0) is 31.2 Å². The van der Waals surface area contributed by atoms with Crippen molar-refractivity contribution in [3.05, 3.63) is 59.1 Å². The lowest BCUT2D eigenvalue weighted by molar-refractivity contribution is 0.103. The summed E-state index contributed by atoms with van der Waals surface area (Å²) in [7, 11) is 5.06. The number of aryl methyl sites for hydroxylation is 1. The zero-order valence-electron chi connectivity index (χ0n) is 15.6. The smallest absolute Gasteiger partial charge is 0.267 e. The number of nitrogens with one attached hydrogen (secondary N) is 1. The maximum atomic E-state index is 12.7. The molecule has 0 spiro atoms. The minimum atomic E-state index is -0.204. The molecule has 0 fully saturated rings. The Kier molecular flexibility index (Phi) is 5.61. The molecule has 1 N–H and O–H groups in total. The van der Waals surface area contributed by atoms with E-state index in [1.54, 1.807) is 32.4 Å². The molecule has 1 aromatic heterocycles. The molecule has 0 saturated carbocycles. The SMILES string of the molecule is COc1ccc(NC(=O)c2sc(N(C)c3ccccc3)nc2C)cc1OC. The number of benzene rings is 2. The number of carbonyl (C=O) groups is 1. The molecule has 0 radical (unpaired) electrons. The number of anilines is 3. The Labute approximate surface area is 162 Å². The Balaban J connectivity index is 1.81. The Bertz CT molecular complexity index is 941. The molecule has 3 aromatic rings. The van der Waals surface area contributed by atoms with Gasteiger partial charge in [0.2, 0.25) is 0 Å². The summed E-state index contributed by atoms with van der Waals surface area (Å²) in [4.78, 5) is 19.8. The summed E-state index contributed by atoms with van der Waals surface area (Å²) in [5.41, 5.74) is 2.33. The molecule has 0 unspecified atom stereocenters. The minimum Gasteiger partial charge on any atom is -0.493 e. The van der Waals surface area contributed by atoms with Crippen molar-refractivity contribution in [2.75, 3.05) is 31.5 Å². The van der Waals surface area contributed by atoms with Gasteiger partial charge in [0.15, 0.2) is 16.6 Å². The van der Waals surface area contributed by atoms with Gasteiger partial charge in [0.05, 0.1) is 19.9 Å². The van der Waals surface area contributed by atoms with E-state index in [4.69, 9.17) is 9.47 Å². The van der Waals surface area contributed by atoms with E-state index in [1.165, 1.54) is 11.3 Å². The van der Waals surface area contributed by atoms with Gasteiger partial charge in [-0.3, -0.25) is 4.79 Å². The summed E-state index contributed by atoms with van der Waals surface area (Å²) in [6.45, 7) is 1.84. The number of thiazole rings is 1. The number of hydrogen-bond acceptors (Lipinski definition) is 6. The first-order chi connectivity index (χ1) is 13.0. The summed E-state index contributed by atoms with van der Waals surface area (Å²) in [6, 6.07) is 15.2. The van der Waals surface area contributed by atoms with E-state index in [9.17, 15) is 4.79 Å². The second-order valence-electron chi connectivity index (χ2n) is 5.83. The highest BCUT2D eigenvalue weighted by molar-refractivity contribution is 7.17. The van der Waals surface area contributed by atoms with E-state index in [1.807, 2.05) is 49.2 Å². The third kappa shape index (κ3) is 4.03. The largest absolute Gasteiger partial charge is 0.493 e. The van der Waals surface area contributed by atoms with Gasteiger partial charge in [0, 0.05) is 24.5 Å². The molecular weight excluding hydrogens is 362 g/mol. The second-order valence-corrected chi connectivity index (χ2v) is 6.81. The van der Waals surface area contributed by atoms with E-state index in [2.05, 4.69) is 10.3 Å². The van der Waals surface area contributed by atoms with Crippen molar-refractivity contribution in [1.29, 1.82) is 0 Å². The standard InChI is InChI=1S/C20H21N3O3S/c1-13-18(27-20(21-13)23(2)15-8-6-5-7-9-15)19(24)22-14-10-11-16(25-3)17(12-14)26-4/h5-12H,1-4H3,(H,22,24). The molecular formula is C20H21N3O3S. The molecule has 1 amide bonds. The number of para-hydroxylation sites is 1. The zero-order chi connectivity index (χ0) is 19.4. The third-order valence-corrected chi connectivity index (χ3v) is 5.30. The number of amides is 1. The lowest BCUT2D eigenvalue weighted by atomic mass is 10.2.